The van der Waals surface area contributed by atoms with E-state index < -0.39 is 5.60 Å². The molecule has 7 heteroatoms. The van der Waals surface area contributed by atoms with E-state index in [1.807, 2.05) is 36.4 Å². The molecule has 0 aliphatic carbocycles. The minimum Gasteiger partial charge on any atom is -0.394 e. The van der Waals surface area contributed by atoms with E-state index in [1.165, 1.54) is 0 Å². The Hall–Kier alpha value is -0.0800. The molecule has 1 heterocycles. The smallest absolute Gasteiger partial charge is 0.255 e. The van der Waals surface area contributed by atoms with Crippen molar-refractivity contribution in [3.63, 3.8) is 0 Å². The lowest BCUT2D eigenvalue weighted by Gasteiger charge is -2.42. The van der Waals surface area contributed by atoms with Gasteiger partial charge in [-0.2, -0.15) is 0 Å². The molecule has 1 aliphatic heterocycles. The number of halogens is 3. The van der Waals surface area contributed by atoms with E-state index in [4.69, 9.17) is 27.9 Å². The second kappa shape index (κ2) is 6.58. The second-order valence-electron chi connectivity index (χ2n) is 5.62. The van der Waals surface area contributed by atoms with Crippen LogP contribution in [0, 0.1) is 3.57 Å². The zero-order valence-corrected chi connectivity index (χ0v) is 15.4. The standard InChI is InChI=1S/C14H16Cl2INO3/c1-14(2)7-18(5-9(6-19)21-14)13(20)10-3-8(15)4-11(16)12(10)17/h3-4,9,19H,5-7H2,1-2H3. The van der Waals surface area contributed by atoms with E-state index in [0.29, 0.717) is 32.3 Å². The maximum atomic E-state index is 12.7. The zero-order valence-electron chi connectivity index (χ0n) is 11.7. The molecule has 116 valence electrons. The number of carbonyl (C=O) groups excluding carboxylic acids is 1. The highest BCUT2D eigenvalue weighted by molar-refractivity contribution is 14.1. The van der Waals surface area contributed by atoms with E-state index in [9.17, 15) is 9.90 Å². The van der Waals surface area contributed by atoms with Crippen LogP contribution >= 0.6 is 45.8 Å². The lowest BCUT2D eigenvalue weighted by molar-refractivity contribution is -0.139. The van der Waals surface area contributed by atoms with E-state index in [-0.39, 0.29) is 18.6 Å². The summed E-state index contributed by atoms with van der Waals surface area (Å²) in [5.41, 5.74) is -0.0303. The molecule has 2 rings (SSSR count). The lowest BCUT2D eigenvalue weighted by atomic mass is 10.0. The van der Waals surface area contributed by atoms with Gasteiger partial charge in [0, 0.05) is 21.7 Å². The molecule has 1 fully saturated rings. The fourth-order valence-corrected chi connectivity index (χ4v) is 3.46. The van der Waals surface area contributed by atoms with Crippen molar-refractivity contribution in [2.75, 3.05) is 19.7 Å². The van der Waals surface area contributed by atoms with Crippen LogP contribution in [0.5, 0.6) is 0 Å². The molecular weight excluding hydrogens is 428 g/mol. The molecular formula is C14H16Cl2INO3. The number of amides is 1. The predicted octanol–water partition coefficient (Wildman–Crippen LogP) is 3.21. The third-order valence-electron chi connectivity index (χ3n) is 3.20. The molecule has 21 heavy (non-hydrogen) atoms. The molecule has 4 nitrogen and oxygen atoms in total. The number of carbonyl (C=O) groups is 1. The molecule has 0 bridgehead atoms. The Kier molecular flexibility index (Phi) is 5.41. The van der Waals surface area contributed by atoms with Gasteiger partial charge in [0.1, 0.15) is 0 Å². The molecule has 1 aromatic rings. The summed E-state index contributed by atoms with van der Waals surface area (Å²) in [4.78, 5) is 14.4. The van der Waals surface area contributed by atoms with Gasteiger partial charge >= 0.3 is 0 Å². The third kappa shape index (κ3) is 4.01. The van der Waals surface area contributed by atoms with Crippen LogP contribution in [-0.2, 0) is 4.74 Å². The Bertz CT molecular complexity index is 565. The van der Waals surface area contributed by atoms with E-state index >= 15 is 0 Å². The van der Waals surface area contributed by atoms with Gasteiger partial charge in [-0.15, -0.1) is 0 Å². The van der Waals surface area contributed by atoms with Crippen LogP contribution in [0.1, 0.15) is 24.2 Å². The summed E-state index contributed by atoms with van der Waals surface area (Å²) in [5, 5.41) is 10.2. The molecule has 0 radical (unpaired) electrons. The Balaban J connectivity index is 2.31. The summed E-state index contributed by atoms with van der Waals surface area (Å²) in [6.45, 7) is 4.46. The van der Waals surface area contributed by atoms with Gasteiger partial charge in [0.25, 0.3) is 5.91 Å². The molecule has 0 saturated carbocycles. The average Bonchev–Trinajstić information content (AvgIpc) is 2.40. The topological polar surface area (TPSA) is 49.8 Å². The molecule has 1 atom stereocenters. The minimum absolute atomic E-state index is 0.124. The molecule has 0 aromatic heterocycles. The van der Waals surface area contributed by atoms with E-state index in [0.717, 1.165) is 0 Å². The van der Waals surface area contributed by atoms with Crippen LogP contribution in [-0.4, -0.2) is 47.3 Å². The van der Waals surface area contributed by atoms with Crippen LogP contribution < -0.4 is 0 Å². The number of ether oxygens (including phenoxy) is 1. The van der Waals surface area contributed by atoms with Crippen LogP contribution in [0.3, 0.4) is 0 Å². The quantitative estimate of drug-likeness (QED) is 0.564. The third-order valence-corrected chi connectivity index (χ3v) is 5.19. The largest absolute Gasteiger partial charge is 0.394 e. The van der Waals surface area contributed by atoms with Crippen molar-refractivity contribution in [3.05, 3.63) is 31.3 Å². The first kappa shape index (κ1) is 17.3. The number of hydrogen-bond donors (Lipinski definition) is 1. The fourth-order valence-electron chi connectivity index (χ4n) is 2.43. The van der Waals surface area contributed by atoms with Crippen molar-refractivity contribution in [1.29, 1.82) is 0 Å². The van der Waals surface area contributed by atoms with Gasteiger partial charge in [-0.3, -0.25) is 4.79 Å². The van der Waals surface area contributed by atoms with Crippen LogP contribution in [0.25, 0.3) is 0 Å². The number of rotatable bonds is 2. The van der Waals surface area contributed by atoms with Gasteiger partial charge in [0.15, 0.2) is 0 Å². The SMILES string of the molecule is CC1(C)CN(C(=O)c2cc(Cl)cc(Cl)c2I)CC(CO)O1. The van der Waals surface area contributed by atoms with Gasteiger partial charge in [-0.1, -0.05) is 23.2 Å². The average molecular weight is 444 g/mol. The summed E-state index contributed by atoms with van der Waals surface area (Å²) < 4.78 is 6.39. The number of hydrogen-bond acceptors (Lipinski definition) is 3. The first-order chi connectivity index (χ1) is 9.73. The highest BCUT2D eigenvalue weighted by atomic mass is 127. The monoisotopic (exact) mass is 443 g/mol. The lowest BCUT2D eigenvalue weighted by Crippen LogP contribution is -2.55. The summed E-state index contributed by atoms with van der Waals surface area (Å²) >= 11 is 14.1. The minimum atomic E-state index is -0.505. The van der Waals surface area contributed by atoms with Crippen LogP contribution in [0.15, 0.2) is 12.1 Å². The molecule has 1 N–H and O–H groups in total. The van der Waals surface area contributed by atoms with Gasteiger partial charge in [0.2, 0.25) is 0 Å². The van der Waals surface area contributed by atoms with E-state index in [1.54, 1.807) is 17.0 Å². The maximum Gasteiger partial charge on any atom is 0.255 e. The number of morpholine rings is 1. The first-order valence-corrected chi connectivity index (χ1v) is 8.29. The van der Waals surface area contributed by atoms with Crippen molar-refractivity contribution in [2.45, 2.75) is 25.6 Å². The number of aliphatic hydroxyl groups is 1. The van der Waals surface area contributed by atoms with Crippen molar-refractivity contribution in [2.24, 2.45) is 0 Å². The molecule has 1 amide bonds. The first-order valence-electron chi connectivity index (χ1n) is 6.46. The summed E-state index contributed by atoms with van der Waals surface area (Å²) in [5.74, 6) is -0.154. The Morgan fingerprint density at radius 3 is 2.81 bits per heavy atom. The highest BCUT2D eigenvalue weighted by Crippen LogP contribution is 2.29. The normalized spacial score (nSPS) is 21.4. The van der Waals surface area contributed by atoms with Gasteiger partial charge < -0.3 is 14.7 Å². The number of nitrogens with zero attached hydrogens (tertiary/aromatic N) is 1. The Labute approximate surface area is 147 Å². The number of benzene rings is 1. The Morgan fingerprint density at radius 1 is 1.52 bits per heavy atom. The number of aliphatic hydroxyl groups excluding tert-OH is 1. The van der Waals surface area contributed by atoms with Gasteiger partial charge in [-0.05, 0) is 48.6 Å². The van der Waals surface area contributed by atoms with Crippen molar-refractivity contribution >= 4 is 51.7 Å². The Morgan fingerprint density at radius 2 is 2.19 bits per heavy atom. The van der Waals surface area contributed by atoms with Crippen molar-refractivity contribution < 1.29 is 14.6 Å². The molecule has 1 aromatic carbocycles. The van der Waals surface area contributed by atoms with Crippen LogP contribution in [0.2, 0.25) is 10.0 Å². The fraction of sp³-hybridized carbons (Fsp3) is 0.500. The summed E-state index contributed by atoms with van der Waals surface area (Å²) in [6.07, 6.45) is -0.384. The van der Waals surface area contributed by atoms with Crippen LogP contribution in [0.4, 0.5) is 0 Å². The second-order valence-corrected chi connectivity index (χ2v) is 7.54. The van der Waals surface area contributed by atoms with E-state index in [2.05, 4.69) is 0 Å². The predicted molar refractivity (Wildman–Crippen MR) is 91.1 cm³/mol. The van der Waals surface area contributed by atoms with Crippen molar-refractivity contribution in [3.8, 4) is 0 Å². The molecule has 1 aliphatic rings. The summed E-state index contributed by atoms with van der Waals surface area (Å²) in [7, 11) is 0. The van der Waals surface area contributed by atoms with Gasteiger partial charge in [-0.25, -0.2) is 0 Å². The molecule has 1 saturated heterocycles. The summed E-state index contributed by atoms with van der Waals surface area (Å²) in [6, 6.07) is 3.23. The van der Waals surface area contributed by atoms with Crippen molar-refractivity contribution in [1.82, 2.24) is 4.90 Å². The van der Waals surface area contributed by atoms with Gasteiger partial charge in [0.05, 0.1) is 28.9 Å². The maximum absolute atomic E-state index is 12.7. The molecule has 0 spiro atoms. The molecule has 1 unspecified atom stereocenters. The highest BCUT2D eigenvalue weighted by Gasteiger charge is 2.36. The zero-order chi connectivity index (χ0) is 15.8.